The van der Waals surface area contributed by atoms with E-state index < -0.39 is 0 Å². The van der Waals surface area contributed by atoms with Crippen molar-refractivity contribution in [1.82, 2.24) is 0 Å². The van der Waals surface area contributed by atoms with E-state index in [1.54, 1.807) is 6.07 Å². The lowest BCUT2D eigenvalue weighted by atomic mass is 9.80. The van der Waals surface area contributed by atoms with Crippen molar-refractivity contribution in [3.8, 4) is 11.1 Å². The Kier molecular flexibility index (Phi) is 5.61. The zero-order valence-corrected chi connectivity index (χ0v) is 16.2. The summed E-state index contributed by atoms with van der Waals surface area (Å²) in [5.74, 6) is 1.65. The minimum atomic E-state index is -0.0857. The van der Waals surface area contributed by atoms with Crippen molar-refractivity contribution in [3.63, 3.8) is 0 Å². The zero-order chi connectivity index (χ0) is 18.0. The van der Waals surface area contributed by atoms with Gasteiger partial charge >= 0.3 is 0 Å². The summed E-state index contributed by atoms with van der Waals surface area (Å²) in [5.41, 5.74) is 6.60. The molecule has 25 heavy (non-hydrogen) atoms. The fourth-order valence-corrected chi connectivity index (χ4v) is 4.13. The first-order chi connectivity index (χ1) is 11.9. The van der Waals surface area contributed by atoms with E-state index >= 15 is 0 Å². The molecule has 1 aliphatic rings. The third-order valence-corrected chi connectivity index (χ3v) is 6.25. The Labute approximate surface area is 152 Å². The molecule has 3 rings (SSSR count). The van der Waals surface area contributed by atoms with E-state index in [2.05, 4.69) is 45.9 Å². The molecule has 0 radical (unpaired) electrons. The number of benzene rings is 2. The highest BCUT2D eigenvalue weighted by molar-refractivity contribution is 5.67. The van der Waals surface area contributed by atoms with Crippen molar-refractivity contribution in [2.24, 2.45) is 11.8 Å². The van der Waals surface area contributed by atoms with Crippen molar-refractivity contribution >= 4 is 0 Å². The molecule has 0 unspecified atom stereocenters. The van der Waals surface area contributed by atoms with Crippen LogP contribution in [0.1, 0.15) is 61.3 Å². The van der Waals surface area contributed by atoms with Crippen LogP contribution >= 0.6 is 0 Å². The van der Waals surface area contributed by atoms with Crippen LogP contribution in [-0.2, 0) is 6.42 Å². The third kappa shape index (κ3) is 4.32. The minimum Gasteiger partial charge on any atom is -0.206 e. The fourth-order valence-electron chi connectivity index (χ4n) is 4.13. The van der Waals surface area contributed by atoms with Gasteiger partial charge in [-0.2, -0.15) is 0 Å². The van der Waals surface area contributed by atoms with Gasteiger partial charge in [-0.15, -0.1) is 0 Å². The van der Waals surface area contributed by atoms with Crippen LogP contribution in [0.15, 0.2) is 30.3 Å². The quantitative estimate of drug-likeness (QED) is 0.554. The van der Waals surface area contributed by atoms with Crippen molar-refractivity contribution < 1.29 is 4.39 Å². The van der Waals surface area contributed by atoms with Gasteiger partial charge in [-0.05, 0) is 79.3 Å². The minimum absolute atomic E-state index is 0.0857. The Morgan fingerprint density at radius 3 is 2.16 bits per heavy atom. The standard InChI is InChI=1S/C24H31F/c1-16-5-7-20(8-6-16)9-10-21-11-12-23(24(25)15-21)22-13-17(2)19(4)18(3)14-22/h11-16,20H,5-10H2,1-4H3. The van der Waals surface area contributed by atoms with Crippen molar-refractivity contribution in [2.75, 3.05) is 0 Å². The van der Waals surface area contributed by atoms with Crippen LogP contribution in [0.3, 0.4) is 0 Å². The molecule has 1 saturated carbocycles. The monoisotopic (exact) mass is 338 g/mol. The predicted molar refractivity (Wildman–Crippen MR) is 105 cm³/mol. The molecule has 0 N–H and O–H groups in total. The summed E-state index contributed by atoms with van der Waals surface area (Å²) < 4.78 is 14.7. The van der Waals surface area contributed by atoms with E-state index in [9.17, 15) is 4.39 Å². The Morgan fingerprint density at radius 2 is 1.56 bits per heavy atom. The van der Waals surface area contributed by atoms with E-state index in [1.807, 2.05) is 6.07 Å². The van der Waals surface area contributed by atoms with E-state index in [0.717, 1.165) is 34.9 Å². The second-order valence-electron chi connectivity index (χ2n) is 8.21. The topological polar surface area (TPSA) is 0 Å². The SMILES string of the molecule is Cc1cc(-c2ccc(CCC3CCC(C)CC3)cc2F)cc(C)c1C. The highest BCUT2D eigenvalue weighted by Crippen LogP contribution is 2.32. The van der Waals surface area contributed by atoms with Crippen LogP contribution in [0.25, 0.3) is 11.1 Å². The van der Waals surface area contributed by atoms with Crippen LogP contribution in [0, 0.1) is 38.4 Å². The van der Waals surface area contributed by atoms with Gasteiger partial charge in [0.05, 0.1) is 0 Å². The highest BCUT2D eigenvalue weighted by atomic mass is 19.1. The van der Waals surface area contributed by atoms with Crippen LogP contribution in [-0.4, -0.2) is 0 Å². The van der Waals surface area contributed by atoms with Gasteiger partial charge in [0.1, 0.15) is 5.82 Å². The first kappa shape index (κ1) is 18.2. The molecule has 2 aromatic rings. The smallest absolute Gasteiger partial charge is 0.131 e. The number of hydrogen-bond donors (Lipinski definition) is 0. The highest BCUT2D eigenvalue weighted by Gasteiger charge is 2.18. The van der Waals surface area contributed by atoms with Crippen LogP contribution in [0.2, 0.25) is 0 Å². The third-order valence-electron chi connectivity index (χ3n) is 6.25. The summed E-state index contributed by atoms with van der Waals surface area (Å²) in [7, 11) is 0. The second kappa shape index (κ2) is 7.72. The molecule has 0 saturated heterocycles. The fraction of sp³-hybridized carbons (Fsp3) is 0.500. The summed E-state index contributed by atoms with van der Waals surface area (Å²) in [6.45, 7) is 8.69. The molecule has 134 valence electrons. The maximum absolute atomic E-state index is 14.7. The van der Waals surface area contributed by atoms with Gasteiger partial charge in [0.25, 0.3) is 0 Å². The second-order valence-corrected chi connectivity index (χ2v) is 8.21. The first-order valence-corrected chi connectivity index (χ1v) is 9.80. The molecule has 2 aromatic carbocycles. The maximum Gasteiger partial charge on any atom is 0.131 e. The molecule has 0 spiro atoms. The van der Waals surface area contributed by atoms with Crippen LogP contribution in [0.5, 0.6) is 0 Å². The van der Waals surface area contributed by atoms with Gasteiger partial charge in [-0.3, -0.25) is 0 Å². The van der Waals surface area contributed by atoms with E-state index in [0.29, 0.717) is 0 Å². The summed E-state index contributed by atoms with van der Waals surface area (Å²) in [4.78, 5) is 0. The largest absolute Gasteiger partial charge is 0.206 e. The maximum atomic E-state index is 14.7. The Hall–Kier alpha value is -1.63. The summed E-state index contributed by atoms with van der Waals surface area (Å²) in [6, 6.07) is 10.0. The number of rotatable bonds is 4. The average Bonchev–Trinajstić information content (AvgIpc) is 2.59. The van der Waals surface area contributed by atoms with Gasteiger partial charge in [0, 0.05) is 5.56 Å². The van der Waals surface area contributed by atoms with Crippen molar-refractivity contribution in [1.29, 1.82) is 0 Å². The normalized spacial score (nSPS) is 20.7. The first-order valence-electron chi connectivity index (χ1n) is 9.80. The molecule has 1 fully saturated rings. The molecule has 1 aliphatic carbocycles. The average molecular weight is 339 g/mol. The molecule has 0 aromatic heterocycles. The van der Waals surface area contributed by atoms with E-state index in [-0.39, 0.29) is 5.82 Å². The summed E-state index contributed by atoms with van der Waals surface area (Å²) in [6.07, 6.45) is 7.64. The molecule has 0 aliphatic heterocycles. The van der Waals surface area contributed by atoms with Gasteiger partial charge in [0.15, 0.2) is 0 Å². The Morgan fingerprint density at radius 1 is 0.920 bits per heavy atom. The molecule has 0 amide bonds. The molecule has 0 heterocycles. The Balaban J connectivity index is 1.71. The molecule has 0 atom stereocenters. The van der Waals surface area contributed by atoms with Crippen LogP contribution in [0.4, 0.5) is 4.39 Å². The van der Waals surface area contributed by atoms with Gasteiger partial charge < -0.3 is 0 Å². The lowest BCUT2D eigenvalue weighted by molar-refractivity contribution is 0.277. The number of hydrogen-bond acceptors (Lipinski definition) is 0. The summed E-state index contributed by atoms with van der Waals surface area (Å²) in [5, 5.41) is 0. The zero-order valence-electron chi connectivity index (χ0n) is 16.2. The van der Waals surface area contributed by atoms with Gasteiger partial charge in [-0.25, -0.2) is 4.39 Å². The van der Waals surface area contributed by atoms with Crippen molar-refractivity contribution in [2.45, 2.75) is 66.2 Å². The summed E-state index contributed by atoms with van der Waals surface area (Å²) >= 11 is 0. The lowest BCUT2D eigenvalue weighted by Crippen LogP contribution is -2.12. The Bertz CT molecular complexity index is 713. The van der Waals surface area contributed by atoms with E-state index in [1.165, 1.54) is 48.8 Å². The number of halogens is 1. The number of aryl methyl sites for hydroxylation is 3. The molecule has 0 bridgehead atoms. The van der Waals surface area contributed by atoms with E-state index in [4.69, 9.17) is 0 Å². The van der Waals surface area contributed by atoms with Gasteiger partial charge in [-0.1, -0.05) is 56.9 Å². The molecule has 1 heteroatoms. The van der Waals surface area contributed by atoms with Crippen LogP contribution < -0.4 is 0 Å². The predicted octanol–water partition coefficient (Wildman–Crippen LogP) is 7.18. The molecule has 0 nitrogen and oxygen atoms in total. The molecular formula is C24H31F. The van der Waals surface area contributed by atoms with Crippen molar-refractivity contribution in [3.05, 3.63) is 58.4 Å². The van der Waals surface area contributed by atoms with Gasteiger partial charge in [0.2, 0.25) is 0 Å². The lowest BCUT2D eigenvalue weighted by Gasteiger charge is -2.26. The molecular weight excluding hydrogens is 307 g/mol.